The highest BCUT2D eigenvalue weighted by Crippen LogP contribution is 2.18. The highest BCUT2D eigenvalue weighted by Gasteiger charge is 2.24. The highest BCUT2D eigenvalue weighted by molar-refractivity contribution is 5.92. The number of pyridine rings is 1. The SMILES string of the molecule is Cn1cncc1C(=O)NCC1CCN(C(=O)c2cccc(=O)[nH]2)CC1.O=CO. The number of hydrogen-bond acceptors (Lipinski definition) is 5. The third-order valence-corrected chi connectivity index (χ3v) is 4.50. The molecule has 28 heavy (non-hydrogen) atoms. The molecule has 0 spiro atoms. The first-order valence-corrected chi connectivity index (χ1v) is 8.77. The number of carboxylic acid groups (broad SMARTS) is 1. The lowest BCUT2D eigenvalue weighted by Crippen LogP contribution is -2.42. The largest absolute Gasteiger partial charge is 0.483 e. The van der Waals surface area contributed by atoms with Crippen LogP contribution in [-0.4, -0.2) is 62.5 Å². The smallest absolute Gasteiger partial charge is 0.290 e. The van der Waals surface area contributed by atoms with Crippen LogP contribution < -0.4 is 10.9 Å². The molecule has 10 heteroatoms. The fourth-order valence-corrected chi connectivity index (χ4v) is 2.99. The minimum Gasteiger partial charge on any atom is -0.483 e. The highest BCUT2D eigenvalue weighted by atomic mass is 16.3. The van der Waals surface area contributed by atoms with Crippen molar-refractivity contribution >= 4 is 18.3 Å². The number of hydrogen-bond donors (Lipinski definition) is 3. The van der Waals surface area contributed by atoms with Crippen LogP contribution in [0.4, 0.5) is 0 Å². The Kier molecular flexibility index (Phi) is 7.49. The molecule has 0 atom stereocenters. The van der Waals surface area contributed by atoms with Gasteiger partial charge in [0.25, 0.3) is 18.3 Å². The quantitative estimate of drug-likeness (QED) is 0.634. The van der Waals surface area contributed by atoms with E-state index in [1.54, 1.807) is 35.0 Å². The first kappa shape index (κ1) is 20.9. The summed E-state index contributed by atoms with van der Waals surface area (Å²) < 4.78 is 1.68. The predicted molar refractivity (Wildman–Crippen MR) is 99.9 cm³/mol. The molecule has 1 saturated heterocycles. The van der Waals surface area contributed by atoms with Gasteiger partial charge in [0.15, 0.2) is 0 Å². The molecule has 2 amide bonds. The number of imidazole rings is 1. The van der Waals surface area contributed by atoms with E-state index in [0.29, 0.717) is 36.9 Å². The van der Waals surface area contributed by atoms with Crippen LogP contribution in [0.3, 0.4) is 0 Å². The van der Waals surface area contributed by atoms with Crippen molar-refractivity contribution < 1.29 is 19.5 Å². The van der Waals surface area contributed by atoms with Crippen molar-refractivity contribution in [1.29, 1.82) is 0 Å². The van der Waals surface area contributed by atoms with Gasteiger partial charge in [-0.15, -0.1) is 0 Å². The van der Waals surface area contributed by atoms with E-state index in [1.165, 1.54) is 12.3 Å². The lowest BCUT2D eigenvalue weighted by atomic mass is 9.96. The van der Waals surface area contributed by atoms with E-state index in [1.807, 2.05) is 0 Å². The summed E-state index contributed by atoms with van der Waals surface area (Å²) in [4.78, 5) is 52.4. The van der Waals surface area contributed by atoms with E-state index in [-0.39, 0.29) is 23.8 Å². The van der Waals surface area contributed by atoms with E-state index in [0.717, 1.165) is 12.8 Å². The molecule has 2 aromatic heterocycles. The molecule has 3 N–H and O–H groups in total. The van der Waals surface area contributed by atoms with Crippen LogP contribution in [-0.2, 0) is 11.8 Å². The Morgan fingerprint density at radius 3 is 2.61 bits per heavy atom. The van der Waals surface area contributed by atoms with Crippen LogP contribution in [0.5, 0.6) is 0 Å². The Morgan fingerprint density at radius 2 is 2.04 bits per heavy atom. The number of aryl methyl sites for hydroxylation is 1. The number of amides is 2. The zero-order valence-electron chi connectivity index (χ0n) is 15.5. The summed E-state index contributed by atoms with van der Waals surface area (Å²) in [6.45, 7) is 1.55. The minimum atomic E-state index is -0.279. The molecule has 1 aliphatic heterocycles. The summed E-state index contributed by atoms with van der Waals surface area (Å²) in [6, 6.07) is 4.57. The maximum absolute atomic E-state index is 12.4. The van der Waals surface area contributed by atoms with E-state index < -0.39 is 0 Å². The van der Waals surface area contributed by atoms with Gasteiger partial charge in [-0.1, -0.05) is 6.07 Å². The monoisotopic (exact) mass is 389 g/mol. The molecule has 3 rings (SSSR count). The van der Waals surface area contributed by atoms with E-state index >= 15 is 0 Å². The summed E-state index contributed by atoms with van der Waals surface area (Å²) in [6.07, 6.45) is 4.76. The number of carbonyl (C=O) groups is 3. The van der Waals surface area contributed by atoms with Crippen molar-refractivity contribution in [2.45, 2.75) is 12.8 Å². The van der Waals surface area contributed by atoms with Crippen LogP contribution in [0.2, 0.25) is 0 Å². The molecule has 0 aliphatic carbocycles. The van der Waals surface area contributed by atoms with Crippen LogP contribution in [0.25, 0.3) is 0 Å². The molecule has 3 heterocycles. The molecule has 0 unspecified atom stereocenters. The number of rotatable bonds is 4. The average Bonchev–Trinajstić information content (AvgIpc) is 3.12. The third kappa shape index (κ3) is 5.53. The topological polar surface area (TPSA) is 137 Å². The second-order valence-electron chi connectivity index (χ2n) is 6.37. The third-order valence-electron chi connectivity index (χ3n) is 4.50. The molecule has 0 aromatic carbocycles. The Bertz CT molecular complexity index is 867. The fourth-order valence-electron chi connectivity index (χ4n) is 2.99. The molecule has 1 aliphatic rings. The van der Waals surface area contributed by atoms with Gasteiger partial charge >= 0.3 is 0 Å². The van der Waals surface area contributed by atoms with Crippen molar-refractivity contribution in [1.82, 2.24) is 24.8 Å². The molecular formula is C18H23N5O5. The summed E-state index contributed by atoms with van der Waals surface area (Å²) in [5.41, 5.74) is 0.565. The Balaban J connectivity index is 0.000000878. The van der Waals surface area contributed by atoms with Gasteiger partial charge in [0, 0.05) is 32.7 Å². The first-order chi connectivity index (χ1) is 13.5. The van der Waals surface area contributed by atoms with Gasteiger partial charge in [0.05, 0.1) is 12.5 Å². The lowest BCUT2D eigenvalue weighted by Gasteiger charge is -2.32. The summed E-state index contributed by atoms with van der Waals surface area (Å²) >= 11 is 0. The van der Waals surface area contributed by atoms with Crippen LogP contribution in [0.15, 0.2) is 35.5 Å². The van der Waals surface area contributed by atoms with E-state index in [2.05, 4.69) is 15.3 Å². The second-order valence-corrected chi connectivity index (χ2v) is 6.37. The van der Waals surface area contributed by atoms with Gasteiger partial charge in [0.2, 0.25) is 5.56 Å². The number of H-pyrrole nitrogens is 1. The normalized spacial score (nSPS) is 14.0. The van der Waals surface area contributed by atoms with Gasteiger partial charge < -0.3 is 24.9 Å². The number of piperidine rings is 1. The van der Waals surface area contributed by atoms with Crippen LogP contribution >= 0.6 is 0 Å². The zero-order chi connectivity index (χ0) is 20.5. The number of carbonyl (C=O) groups excluding carboxylic acids is 2. The van der Waals surface area contributed by atoms with Gasteiger partial charge in [-0.3, -0.25) is 19.2 Å². The summed E-state index contributed by atoms with van der Waals surface area (Å²) in [7, 11) is 1.78. The maximum Gasteiger partial charge on any atom is 0.290 e. The van der Waals surface area contributed by atoms with Gasteiger partial charge in [-0.05, 0) is 24.8 Å². The standard InChI is InChI=1S/C17H21N5O3.CH2O2/c1-21-11-18-10-14(21)16(24)19-9-12-5-7-22(8-6-12)17(25)13-3-2-4-15(23)20-13;2-1-3/h2-4,10-12H,5-9H2,1H3,(H,19,24)(H,20,23);1H,(H,2,3). The maximum atomic E-state index is 12.4. The predicted octanol–water partition coefficient (Wildman–Crippen LogP) is 0.0914. The average molecular weight is 389 g/mol. The number of aromatic nitrogens is 3. The van der Waals surface area contributed by atoms with Crippen molar-refractivity contribution in [2.24, 2.45) is 13.0 Å². The zero-order valence-corrected chi connectivity index (χ0v) is 15.5. The van der Waals surface area contributed by atoms with Gasteiger partial charge in [-0.2, -0.15) is 0 Å². The molecule has 2 aromatic rings. The number of aromatic amines is 1. The fraction of sp³-hybridized carbons (Fsp3) is 0.389. The van der Waals surface area contributed by atoms with Gasteiger partial charge in [0.1, 0.15) is 11.4 Å². The second kappa shape index (κ2) is 10.0. The number of nitrogens with one attached hydrogen (secondary N) is 2. The summed E-state index contributed by atoms with van der Waals surface area (Å²) in [5.74, 6) is 0.0338. The van der Waals surface area contributed by atoms with Gasteiger partial charge in [-0.25, -0.2) is 4.98 Å². The van der Waals surface area contributed by atoms with E-state index in [4.69, 9.17) is 9.90 Å². The van der Waals surface area contributed by atoms with Crippen molar-refractivity contribution in [3.63, 3.8) is 0 Å². The Labute approximate surface area is 161 Å². The molecule has 1 fully saturated rings. The lowest BCUT2D eigenvalue weighted by molar-refractivity contribution is -0.122. The molecular weight excluding hydrogens is 366 g/mol. The molecule has 0 saturated carbocycles. The number of likely N-dealkylation sites (tertiary alicyclic amines) is 1. The Hall–Kier alpha value is -3.43. The summed E-state index contributed by atoms with van der Waals surface area (Å²) in [5, 5.41) is 9.82. The molecule has 150 valence electrons. The molecule has 0 radical (unpaired) electrons. The first-order valence-electron chi connectivity index (χ1n) is 8.77. The number of nitrogens with zero attached hydrogens (tertiary/aromatic N) is 3. The van der Waals surface area contributed by atoms with Crippen LogP contribution in [0.1, 0.15) is 33.8 Å². The van der Waals surface area contributed by atoms with E-state index in [9.17, 15) is 14.4 Å². The molecule has 0 bridgehead atoms. The van der Waals surface area contributed by atoms with Crippen LogP contribution in [0, 0.1) is 5.92 Å². The van der Waals surface area contributed by atoms with Crippen molar-refractivity contribution in [2.75, 3.05) is 19.6 Å². The van der Waals surface area contributed by atoms with Crippen molar-refractivity contribution in [3.05, 3.63) is 52.5 Å². The molecule has 10 nitrogen and oxygen atoms in total. The minimum absolute atomic E-state index is 0.139. The Morgan fingerprint density at radius 1 is 1.36 bits per heavy atom. The van der Waals surface area contributed by atoms with Crippen molar-refractivity contribution in [3.8, 4) is 0 Å².